The molecule has 1 rings (SSSR count). The zero-order valence-electron chi connectivity index (χ0n) is 18.5. The van der Waals surface area contributed by atoms with Gasteiger partial charge in [-0.25, -0.2) is 4.79 Å². The molecule has 32 heavy (non-hydrogen) atoms. The molecule has 3 amide bonds. The van der Waals surface area contributed by atoms with E-state index in [9.17, 15) is 29.4 Å². The molecule has 0 saturated heterocycles. The first-order valence-corrected chi connectivity index (χ1v) is 11.6. The first-order valence-electron chi connectivity index (χ1n) is 10.2. The summed E-state index contributed by atoms with van der Waals surface area (Å²) in [6, 6.07) is 3.11. The maximum Gasteiger partial charge on any atom is 0.326 e. The second kappa shape index (κ2) is 13.6. The average molecular weight is 469 g/mol. The van der Waals surface area contributed by atoms with E-state index in [-0.39, 0.29) is 18.1 Å². The van der Waals surface area contributed by atoms with Gasteiger partial charge in [0.05, 0.1) is 12.6 Å². The van der Waals surface area contributed by atoms with Gasteiger partial charge in [-0.05, 0) is 42.0 Å². The highest BCUT2D eigenvalue weighted by molar-refractivity contribution is 7.98. The Bertz CT molecular complexity index is 787. The standard InChI is InChI=1S/C21H32N4O6S/c1-12(2)18(25-19(28)15(22)8-9-32-3)20(29)23-11-17(27)24-16(21(30)31)10-13-4-6-14(26)7-5-13/h4-7,12,15-16,18,26H,8-11,22H2,1-3H3,(H,23,29)(H,24,27)(H,25,28)(H,30,31). The maximum atomic E-state index is 12.5. The number of phenolic OH excluding ortho intramolecular Hbond substituents is 1. The SMILES string of the molecule is CSCCC(N)C(=O)NC(C(=O)NCC(=O)NC(Cc1ccc(O)cc1)C(=O)O)C(C)C. The number of hydrogen-bond donors (Lipinski definition) is 6. The second-order valence-corrected chi connectivity index (χ2v) is 8.65. The van der Waals surface area contributed by atoms with Gasteiger partial charge in [0.1, 0.15) is 17.8 Å². The van der Waals surface area contributed by atoms with Crippen molar-refractivity contribution in [1.82, 2.24) is 16.0 Å². The van der Waals surface area contributed by atoms with Gasteiger partial charge in [-0.1, -0.05) is 26.0 Å². The van der Waals surface area contributed by atoms with Crippen molar-refractivity contribution < 1.29 is 29.4 Å². The average Bonchev–Trinajstić information content (AvgIpc) is 2.74. The highest BCUT2D eigenvalue weighted by atomic mass is 32.2. The number of carbonyl (C=O) groups is 4. The molecule has 0 bridgehead atoms. The van der Waals surface area contributed by atoms with Crippen LogP contribution in [0.15, 0.2) is 24.3 Å². The van der Waals surface area contributed by atoms with Crippen LogP contribution in [0.5, 0.6) is 5.75 Å². The van der Waals surface area contributed by atoms with Gasteiger partial charge in [0.2, 0.25) is 17.7 Å². The van der Waals surface area contributed by atoms with Crippen LogP contribution in [0.1, 0.15) is 25.8 Å². The van der Waals surface area contributed by atoms with Gasteiger partial charge in [-0.2, -0.15) is 11.8 Å². The molecule has 0 aromatic heterocycles. The van der Waals surface area contributed by atoms with Crippen LogP contribution in [0.4, 0.5) is 0 Å². The van der Waals surface area contributed by atoms with Crippen molar-refractivity contribution in [3.05, 3.63) is 29.8 Å². The molecule has 1 aromatic carbocycles. The highest BCUT2D eigenvalue weighted by Crippen LogP contribution is 2.11. The molecular formula is C21H32N4O6S. The van der Waals surface area contributed by atoms with E-state index < -0.39 is 48.4 Å². The van der Waals surface area contributed by atoms with E-state index in [1.807, 2.05) is 6.26 Å². The number of aliphatic carboxylic acids is 1. The lowest BCUT2D eigenvalue weighted by Gasteiger charge is -2.23. The third-order valence-electron chi connectivity index (χ3n) is 4.65. The molecule has 3 unspecified atom stereocenters. The Labute approximate surface area is 191 Å². The van der Waals surface area contributed by atoms with Crippen LogP contribution in [0.25, 0.3) is 0 Å². The topological polar surface area (TPSA) is 171 Å². The normalized spacial score (nSPS) is 13.7. The van der Waals surface area contributed by atoms with Crippen molar-refractivity contribution >= 4 is 35.5 Å². The van der Waals surface area contributed by atoms with Crippen LogP contribution >= 0.6 is 11.8 Å². The lowest BCUT2D eigenvalue weighted by molar-refractivity contribution is -0.141. The lowest BCUT2D eigenvalue weighted by Crippen LogP contribution is -2.55. The number of carbonyl (C=O) groups excluding carboxylic acids is 3. The van der Waals surface area contributed by atoms with E-state index in [0.29, 0.717) is 17.7 Å². The molecule has 178 valence electrons. The minimum atomic E-state index is -1.23. The first kappa shape index (κ1) is 27.2. The molecule has 3 atom stereocenters. The van der Waals surface area contributed by atoms with E-state index in [4.69, 9.17) is 5.73 Å². The van der Waals surface area contributed by atoms with Gasteiger partial charge < -0.3 is 31.9 Å². The number of aromatic hydroxyl groups is 1. The Morgan fingerprint density at radius 3 is 2.22 bits per heavy atom. The monoisotopic (exact) mass is 468 g/mol. The minimum Gasteiger partial charge on any atom is -0.508 e. The Kier molecular flexibility index (Phi) is 11.6. The fourth-order valence-corrected chi connectivity index (χ4v) is 3.25. The fourth-order valence-electron chi connectivity index (χ4n) is 2.76. The molecule has 7 N–H and O–H groups in total. The smallest absolute Gasteiger partial charge is 0.326 e. The van der Waals surface area contributed by atoms with Crippen LogP contribution in [-0.2, 0) is 25.6 Å². The molecule has 0 spiro atoms. The summed E-state index contributed by atoms with van der Waals surface area (Å²) in [6.07, 6.45) is 2.38. The van der Waals surface area contributed by atoms with Crippen LogP contribution < -0.4 is 21.7 Å². The quantitative estimate of drug-likeness (QED) is 0.232. The number of nitrogens with one attached hydrogen (secondary N) is 3. The molecule has 0 saturated carbocycles. The summed E-state index contributed by atoms with van der Waals surface area (Å²) in [5.41, 5.74) is 6.45. The van der Waals surface area contributed by atoms with Crippen LogP contribution in [0.2, 0.25) is 0 Å². The molecule has 0 heterocycles. The number of hydrogen-bond acceptors (Lipinski definition) is 7. The summed E-state index contributed by atoms with van der Waals surface area (Å²) in [6.45, 7) is 3.04. The largest absolute Gasteiger partial charge is 0.508 e. The number of thioether (sulfide) groups is 1. The van der Waals surface area contributed by atoms with Gasteiger partial charge in [0.25, 0.3) is 0 Å². The van der Waals surface area contributed by atoms with E-state index in [1.165, 1.54) is 12.1 Å². The van der Waals surface area contributed by atoms with Crippen LogP contribution in [0, 0.1) is 5.92 Å². The summed E-state index contributed by atoms with van der Waals surface area (Å²) in [7, 11) is 0. The summed E-state index contributed by atoms with van der Waals surface area (Å²) in [5, 5.41) is 26.1. The van der Waals surface area contributed by atoms with Crippen LogP contribution in [-0.4, -0.2) is 70.6 Å². The Balaban J connectivity index is 2.62. The van der Waals surface area contributed by atoms with Gasteiger partial charge in [-0.15, -0.1) is 0 Å². The van der Waals surface area contributed by atoms with Gasteiger partial charge in [0.15, 0.2) is 0 Å². The van der Waals surface area contributed by atoms with Crippen molar-refractivity contribution in [3.8, 4) is 5.75 Å². The molecule has 0 radical (unpaired) electrons. The molecular weight excluding hydrogens is 436 g/mol. The van der Waals surface area contributed by atoms with Crippen molar-refractivity contribution in [1.29, 1.82) is 0 Å². The third-order valence-corrected chi connectivity index (χ3v) is 5.29. The predicted molar refractivity (Wildman–Crippen MR) is 122 cm³/mol. The van der Waals surface area contributed by atoms with Crippen molar-refractivity contribution in [2.75, 3.05) is 18.6 Å². The number of carboxylic acid groups (broad SMARTS) is 1. The Morgan fingerprint density at radius 1 is 1.06 bits per heavy atom. The predicted octanol–water partition coefficient (Wildman–Crippen LogP) is -0.158. The first-order chi connectivity index (χ1) is 15.0. The van der Waals surface area contributed by atoms with E-state index in [2.05, 4.69) is 16.0 Å². The summed E-state index contributed by atoms with van der Waals surface area (Å²) >= 11 is 1.56. The minimum absolute atomic E-state index is 0.00785. The fraction of sp³-hybridized carbons (Fsp3) is 0.524. The number of nitrogens with two attached hydrogens (primary N) is 1. The van der Waals surface area contributed by atoms with E-state index in [1.54, 1.807) is 37.7 Å². The van der Waals surface area contributed by atoms with Crippen molar-refractivity contribution in [2.45, 2.75) is 44.8 Å². The van der Waals surface area contributed by atoms with Crippen LogP contribution in [0.3, 0.4) is 0 Å². The number of phenols is 1. The van der Waals surface area contributed by atoms with E-state index in [0.717, 1.165) is 0 Å². The van der Waals surface area contributed by atoms with Crippen molar-refractivity contribution in [3.63, 3.8) is 0 Å². The Morgan fingerprint density at radius 2 is 1.69 bits per heavy atom. The van der Waals surface area contributed by atoms with Gasteiger partial charge in [0, 0.05) is 6.42 Å². The molecule has 11 heteroatoms. The van der Waals surface area contributed by atoms with Gasteiger partial charge in [-0.3, -0.25) is 14.4 Å². The van der Waals surface area contributed by atoms with E-state index >= 15 is 0 Å². The highest BCUT2D eigenvalue weighted by Gasteiger charge is 2.27. The molecule has 0 fully saturated rings. The molecule has 0 aliphatic heterocycles. The molecule has 0 aliphatic carbocycles. The maximum absolute atomic E-state index is 12.5. The third kappa shape index (κ3) is 9.56. The lowest BCUT2D eigenvalue weighted by atomic mass is 10.0. The zero-order chi connectivity index (χ0) is 24.3. The number of carboxylic acids is 1. The number of benzene rings is 1. The molecule has 0 aliphatic rings. The number of rotatable bonds is 13. The molecule has 1 aromatic rings. The second-order valence-electron chi connectivity index (χ2n) is 7.66. The number of amides is 3. The summed E-state index contributed by atoms with van der Waals surface area (Å²) in [4.78, 5) is 48.4. The van der Waals surface area contributed by atoms with Crippen molar-refractivity contribution in [2.24, 2.45) is 11.7 Å². The molecule has 10 nitrogen and oxygen atoms in total. The van der Waals surface area contributed by atoms with Gasteiger partial charge >= 0.3 is 5.97 Å². The summed E-state index contributed by atoms with van der Waals surface area (Å²) < 4.78 is 0. The summed E-state index contributed by atoms with van der Waals surface area (Å²) in [5.74, 6) is -2.43. The zero-order valence-corrected chi connectivity index (χ0v) is 19.3. The Hall–Kier alpha value is -2.79.